The summed E-state index contributed by atoms with van der Waals surface area (Å²) in [7, 11) is 0. The van der Waals surface area contributed by atoms with E-state index in [1.165, 1.54) is 48.1 Å². The summed E-state index contributed by atoms with van der Waals surface area (Å²) in [4.78, 5) is 22.4. The number of likely N-dealkylation sites (tertiary alicyclic amines) is 1. The van der Waals surface area contributed by atoms with Crippen LogP contribution in [-0.2, 0) is 6.42 Å². The van der Waals surface area contributed by atoms with Crippen LogP contribution in [0, 0.1) is 12.3 Å². The van der Waals surface area contributed by atoms with Crippen LogP contribution in [0.1, 0.15) is 77.2 Å². The quantitative estimate of drug-likeness (QED) is 0.414. The number of aromatic nitrogens is 1. The molecule has 5 nitrogen and oxygen atoms in total. The molecule has 3 aromatic rings. The second-order valence-electron chi connectivity index (χ2n) is 11.8. The first kappa shape index (κ1) is 25.7. The number of carbonyl (C=O) groups is 1. The molecule has 6 rings (SSSR count). The van der Waals surface area contributed by atoms with Gasteiger partial charge >= 0.3 is 0 Å². The number of rotatable bonds is 5. The molecular formula is C34H40N4O. The van der Waals surface area contributed by atoms with E-state index in [0.29, 0.717) is 5.41 Å². The molecule has 202 valence electrons. The Hall–Kier alpha value is -3.60. The summed E-state index contributed by atoms with van der Waals surface area (Å²) in [5.74, 6) is 0.0183. The Kier molecular flexibility index (Phi) is 7.16. The molecular weight excluding hydrogens is 480 g/mol. The summed E-state index contributed by atoms with van der Waals surface area (Å²) >= 11 is 0. The van der Waals surface area contributed by atoms with Crippen LogP contribution in [0.4, 0.5) is 5.69 Å². The van der Waals surface area contributed by atoms with Gasteiger partial charge in [0, 0.05) is 55.5 Å². The maximum Gasteiger partial charge on any atom is 0.252 e. The number of piperidine rings is 2. The summed E-state index contributed by atoms with van der Waals surface area (Å²) in [5.41, 5.74) is 8.37. The standard InChI is InChI=1S/C34H40N4O/c1-25-7-3-4-9-30(25)33(39)36-32-10-5-8-27-11-12-28(23-31(27)32)26(2)37-21-16-34(17-22-37)15-6-20-38(24-34)29-13-18-35-19-14-29/h3-4,7,9,11-14,18-19,23,32H,2,5-6,8,10,15-17,20-22,24H2,1H3,(H,36,39). The van der Waals surface area contributed by atoms with Crippen LogP contribution >= 0.6 is 0 Å². The molecule has 3 aliphatic rings. The molecule has 0 bridgehead atoms. The maximum absolute atomic E-state index is 13.1. The average Bonchev–Trinajstić information content (AvgIpc) is 2.98. The van der Waals surface area contributed by atoms with Crippen molar-refractivity contribution >= 4 is 17.3 Å². The van der Waals surface area contributed by atoms with E-state index in [-0.39, 0.29) is 11.9 Å². The molecule has 1 aliphatic carbocycles. The number of anilines is 1. The van der Waals surface area contributed by atoms with Gasteiger partial charge < -0.3 is 15.1 Å². The summed E-state index contributed by atoms with van der Waals surface area (Å²) < 4.78 is 0. The third kappa shape index (κ3) is 5.32. The van der Waals surface area contributed by atoms with Gasteiger partial charge in [0.1, 0.15) is 0 Å². The third-order valence-electron chi connectivity index (χ3n) is 9.38. The SMILES string of the molecule is C=C(c1ccc2c(c1)C(NC(=O)c1ccccc1C)CCC2)N1CCC2(CCCN(c3ccncc3)C2)CC1. The van der Waals surface area contributed by atoms with Gasteiger partial charge in [0.25, 0.3) is 5.91 Å². The maximum atomic E-state index is 13.1. The first-order valence-electron chi connectivity index (χ1n) is 14.6. The normalized spacial score (nSPS) is 20.4. The second-order valence-corrected chi connectivity index (χ2v) is 11.8. The van der Waals surface area contributed by atoms with Gasteiger partial charge in [0.05, 0.1) is 6.04 Å². The van der Waals surface area contributed by atoms with Crippen LogP contribution in [0.25, 0.3) is 5.70 Å². The van der Waals surface area contributed by atoms with Gasteiger partial charge in [-0.1, -0.05) is 36.9 Å². The van der Waals surface area contributed by atoms with E-state index >= 15 is 0 Å². The Morgan fingerprint density at radius 2 is 1.79 bits per heavy atom. The number of pyridine rings is 1. The number of amides is 1. The third-order valence-corrected chi connectivity index (χ3v) is 9.38. The van der Waals surface area contributed by atoms with Crippen molar-refractivity contribution < 1.29 is 4.79 Å². The van der Waals surface area contributed by atoms with E-state index in [1.54, 1.807) is 0 Å². The van der Waals surface area contributed by atoms with Crippen molar-refractivity contribution in [1.82, 2.24) is 15.2 Å². The van der Waals surface area contributed by atoms with Gasteiger partial charge in [-0.2, -0.15) is 0 Å². The zero-order valence-corrected chi connectivity index (χ0v) is 23.2. The van der Waals surface area contributed by atoms with Crippen LogP contribution in [0.5, 0.6) is 0 Å². The van der Waals surface area contributed by atoms with Gasteiger partial charge in [0.2, 0.25) is 0 Å². The second kappa shape index (κ2) is 10.9. The molecule has 2 aliphatic heterocycles. The molecule has 0 saturated carbocycles. The van der Waals surface area contributed by atoms with Crippen molar-refractivity contribution in [3.63, 3.8) is 0 Å². The molecule has 2 fully saturated rings. The van der Waals surface area contributed by atoms with Crippen LogP contribution < -0.4 is 10.2 Å². The van der Waals surface area contributed by atoms with Gasteiger partial charge in [-0.15, -0.1) is 0 Å². The summed E-state index contributed by atoms with van der Waals surface area (Å²) in [5, 5.41) is 3.34. The number of hydrogen-bond donors (Lipinski definition) is 1. The Labute approximate surface area is 232 Å². The highest BCUT2D eigenvalue weighted by atomic mass is 16.1. The highest BCUT2D eigenvalue weighted by Gasteiger charge is 2.39. The predicted octanol–water partition coefficient (Wildman–Crippen LogP) is 6.55. The van der Waals surface area contributed by atoms with Crippen molar-refractivity contribution in [2.24, 2.45) is 5.41 Å². The van der Waals surface area contributed by atoms with Crippen molar-refractivity contribution in [3.8, 4) is 0 Å². The van der Waals surface area contributed by atoms with E-state index in [1.807, 2.05) is 43.6 Å². The van der Waals surface area contributed by atoms with Crippen molar-refractivity contribution in [2.45, 2.75) is 57.9 Å². The van der Waals surface area contributed by atoms with Crippen molar-refractivity contribution in [1.29, 1.82) is 0 Å². The van der Waals surface area contributed by atoms with Crippen LogP contribution in [-0.4, -0.2) is 42.0 Å². The summed E-state index contributed by atoms with van der Waals surface area (Å²) in [6.45, 7) is 10.9. The Bertz CT molecular complexity index is 1340. The fraction of sp³-hybridized carbons (Fsp3) is 0.412. The number of carbonyl (C=O) groups excluding carboxylic acids is 1. The fourth-order valence-electron chi connectivity index (χ4n) is 7.02. The summed E-state index contributed by atoms with van der Waals surface area (Å²) in [6.07, 6.45) is 11.9. The smallest absolute Gasteiger partial charge is 0.252 e. The molecule has 2 aromatic carbocycles. The topological polar surface area (TPSA) is 48.5 Å². The lowest BCUT2D eigenvalue weighted by Crippen LogP contribution is -2.49. The van der Waals surface area contributed by atoms with E-state index in [9.17, 15) is 4.79 Å². The molecule has 3 heterocycles. The lowest BCUT2D eigenvalue weighted by molar-refractivity contribution is 0.0932. The fourth-order valence-corrected chi connectivity index (χ4v) is 7.02. The van der Waals surface area contributed by atoms with E-state index in [0.717, 1.165) is 62.3 Å². The highest BCUT2D eigenvalue weighted by molar-refractivity contribution is 5.95. The number of nitrogens with one attached hydrogen (secondary N) is 1. The molecule has 2 saturated heterocycles. The minimum atomic E-state index is 0.0183. The number of fused-ring (bicyclic) bond motifs is 1. The van der Waals surface area contributed by atoms with Gasteiger partial charge in [-0.25, -0.2) is 0 Å². The molecule has 1 N–H and O–H groups in total. The molecule has 0 radical (unpaired) electrons. The zero-order chi connectivity index (χ0) is 26.8. The highest BCUT2D eigenvalue weighted by Crippen LogP contribution is 2.42. The monoisotopic (exact) mass is 520 g/mol. The average molecular weight is 521 g/mol. The van der Waals surface area contributed by atoms with Gasteiger partial charge in [-0.3, -0.25) is 9.78 Å². The Morgan fingerprint density at radius 3 is 2.59 bits per heavy atom. The van der Waals surface area contributed by atoms with Crippen molar-refractivity contribution in [2.75, 3.05) is 31.1 Å². The van der Waals surface area contributed by atoms with E-state index in [4.69, 9.17) is 0 Å². The number of nitrogens with zero attached hydrogens (tertiary/aromatic N) is 3. The van der Waals surface area contributed by atoms with Crippen LogP contribution in [0.15, 0.2) is 73.6 Å². The molecule has 1 atom stereocenters. The molecule has 1 spiro atoms. The number of hydrogen-bond acceptors (Lipinski definition) is 4. The Morgan fingerprint density at radius 1 is 1.00 bits per heavy atom. The minimum absolute atomic E-state index is 0.0183. The van der Waals surface area contributed by atoms with E-state index < -0.39 is 0 Å². The van der Waals surface area contributed by atoms with Gasteiger partial charge in [-0.05, 0) is 104 Å². The Balaban J connectivity index is 1.13. The lowest BCUT2D eigenvalue weighted by Gasteiger charge is -2.49. The molecule has 1 amide bonds. The van der Waals surface area contributed by atoms with Crippen LogP contribution in [0.3, 0.4) is 0 Å². The summed E-state index contributed by atoms with van der Waals surface area (Å²) in [6, 6.07) is 19.0. The molecule has 39 heavy (non-hydrogen) atoms. The minimum Gasteiger partial charge on any atom is -0.371 e. The lowest BCUT2D eigenvalue weighted by atomic mass is 9.72. The number of benzene rings is 2. The van der Waals surface area contributed by atoms with Gasteiger partial charge in [0.15, 0.2) is 0 Å². The molecule has 1 unspecified atom stereocenters. The van der Waals surface area contributed by atoms with Crippen molar-refractivity contribution in [3.05, 3.63) is 101 Å². The molecule has 1 aromatic heterocycles. The zero-order valence-electron chi connectivity index (χ0n) is 23.2. The first-order valence-corrected chi connectivity index (χ1v) is 14.6. The predicted molar refractivity (Wildman–Crippen MR) is 159 cm³/mol. The first-order chi connectivity index (χ1) is 19.0. The number of aryl methyl sites for hydroxylation is 2. The van der Waals surface area contributed by atoms with E-state index in [2.05, 4.69) is 57.0 Å². The van der Waals surface area contributed by atoms with Crippen LogP contribution in [0.2, 0.25) is 0 Å². The largest absolute Gasteiger partial charge is 0.371 e. The molecule has 5 heteroatoms.